The molecule has 0 saturated carbocycles. The Morgan fingerprint density at radius 3 is 2.59 bits per heavy atom. The van der Waals surface area contributed by atoms with Crippen LogP contribution in [0.15, 0.2) is 30.3 Å². The van der Waals surface area contributed by atoms with Crippen molar-refractivity contribution >= 4 is 5.91 Å². The first kappa shape index (κ1) is 13.2. The average Bonchev–Trinajstić information content (AvgIpc) is 2.38. The zero-order chi connectivity index (χ0) is 12.7. The Morgan fingerprint density at radius 2 is 2.06 bits per heavy atom. The highest BCUT2D eigenvalue weighted by atomic mass is 16.1. The van der Waals surface area contributed by atoms with Gasteiger partial charge in [-0.2, -0.15) is 5.26 Å². The molecule has 0 heterocycles. The summed E-state index contributed by atoms with van der Waals surface area (Å²) in [6, 6.07) is 11.7. The standard InChI is InChI=1S/C14H18N2O/c1-3-13(9-10-15)16-14(17)11(2)12-7-5-4-6-8-12/h4-8,11,13H,3,9H2,1-2H3,(H,16,17). The summed E-state index contributed by atoms with van der Waals surface area (Å²) in [5.41, 5.74) is 0.997. The van der Waals surface area contributed by atoms with E-state index in [9.17, 15) is 4.79 Å². The molecule has 2 unspecified atom stereocenters. The number of nitrogens with zero attached hydrogens (tertiary/aromatic N) is 1. The molecule has 3 nitrogen and oxygen atoms in total. The van der Waals surface area contributed by atoms with E-state index < -0.39 is 0 Å². The molecule has 1 aromatic rings. The molecule has 0 radical (unpaired) electrons. The number of carbonyl (C=O) groups excluding carboxylic acids is 1. The minimum absolute atomic E-state index is 0.0155. The molecule has 0 saturated heterocycles. The van der Waals surface area contributed by atoms with Crippen LogP contribution in [0.25, 0.3) is 0 Å². The number of amides is 1. The molecule has 0 aromatic heterocycles. The van der Waals surface area contributed by atoms with Gasteiger partial charge in [-0.25, -0.2) is 0 Å². The van der Waals surface area contributed by atoms with Crippen LogP contribution in [0.4, 0.5) is 0 Å². The van der Waals surface area contributed by atoms with E-state index in [1.54, 1.807) is 0 Å². The largest absolute Gasteiger partial charge is 0.352 e. The quantitative estimate of drug-likeness (QED) is 0.845. The van der Waals surface area contributed by atoms with Gasteiger partial charge in [-0.1, -0.05) is 37.3 Å². The first-order valence-corrected chi connectivity index (χ1v) is 5.91. The van der Waals surface area contributed by atoms with Crippen molar-refractivity contribution in [2.75, 3.05) is 0 Å². The molecule has 1 amide bonds. The van der Waals surface area contributed by atoms with E-state index in [4.69, 9.17) is 5.26 Å². The average molecular weight is 230 g/mol. The van der Waals surface area contributed by atoms with E-state index in [2.05, 4.69) is 11.4 Å². The maximum atomic E-state index is 12.0. The number of rotatable bonds is 5. The van der Waals surface area contributed by atoms with Crippen LogP contribution < -0.4 is 5.32 Å². The number of benzene rings is 1. The third kappa shape index (κ3) is 3.92. The lowest BCUT2D eigenvalue weighted by molar-refractivity contribution is -0.122. The Labute approximate surface area is 102 Å². The van der Waals surface area contributed by atoms with Gasteiger partial charge < -0.3 is 5.32 Å². The van der Waals surface area contributed by atoms with Gasteiger partial charge in [0.1, 0.15) is 0 Å². The van der Waals surface area contributed by atoms with Gasteiger partial charge in [-0.15, -0.1) is 0 Å². The van der Waals surface area contributed by atoms with Crippen molar-refractivity contribution in [1.82, 2.24) is 5.32 Å². The fourth-order valence-corrected chi connectivity index (χ4v) is 1.63. The lowest BCUT2D eigenvalue weighted by Crippen LogP contribution is -2.36. The third-order valence-corrected chi connectivity index (χ3v) is 2.87. The zero-order valence-corrected chi connectivity index (χ0v) is 10.3. The predicted molar refractivity (Wildman–Crippen MR) is 67.3 cm³/mol. The van der Waals surface area contributed by atoms with Crippen molar-refractivity contribution in [3.05, 3.63) is 35.9 Å². The molecule has 1 rings (SSSR count). The third-order valence-electron chi connectivity index (χ3n) is 2.87. The van der Waals surface area contributed by atoms with Crippen LogP contribution in [0.2, 0.25) is 0 Å². The van der Waals surface area contributed by atoms with Crippen LogP contribution >= 0.6 is 0 Å². The molecule has 0 aliphatic rings. The Kier molecular flexibility index (Phi) is 5.22. The summed E-state index contributed by atoms with van der Waals surface area (Å²) in [6.45, 7) is 3.85. The molecule has 0 fully saturated rings. The second-order valence-electron chi connectivity index (χ2n) is 4.11. The summed E-state index contributed by atoms with van der Waals surface area (Å²) in [4.78, 5) is 12.0. The van der Waals surface area contributed by atoms with Crippen LogP contribution in [0.3, 0.4) is 0 Å². The minimum atomic E-state index is -0.177. The second-order valence-corrected chi connectivity index (χ2v) is 4.11. The Bertz CT molecular complexity index is 394. The van der Waals surface area contributed by atoms with Crippen LogP contribution in [0, 0.1) is 11.3 Å². The molecule has 1 N–H and O–H groups in total. The van der Waals surface area contributed by atoms with Gasteiger partial charge in [-0.3, -0.25) is 4.79 Å². The van der Waals surface area contributed by atoms with Crippen LogP contribution in [-0.2, 0) is 4.79 Å². The maximum absolute atomic E-state index is 12.0. The molecular formula is C14H18N2O. The molecule has 0 aliphatic carbocycles. The maximum Gasteiger partial charge on any atom is 0.227 e. The van der Waals surface area contributed by atoms with Crippen LogP contribution in [-0.4, -0.2) is 11.9 Å². The summed E-state index contributed by atoms with van der Waals surface area (Å²) < 4.78 is 0. The molecule has 0 aliphatic heterocycles. The lowest BCUT2D eigenvalue weighted by Gasteiger charge is -2.17. The number of nitrogens with one attached hydrogen (secondary N) is 1. The van der Waals surface area contributed by atoms with Gasteiger partial charge in [0, 0.05) is 6.04 Å². The number of carbonyl (C=O) groups is 1. The fraction of sp³-hybridized carbons (Fsp3) is 0.429. The predicted octanol–water partition coefficient (Wildman–Crippen LogP) is 2.60. The Morgan fingerprint density at radius 1 is 1.41 bits per heavy atom. The van der Waals surface area contributed by atoms with E-state index >= 15 is 0 Å². The van der Waals surface area contributed by atoms with Crippen molar-refractivity contribution in [3.8, 4) is 6.07 Å². The van der Waals surface area contributed by atoms with Crippen molar-refractivity contribution in [2.24, 2.45) is 0 Å². The van der Waals surface area contributed by atoms with Gasteiger partial charge in [0.05, 0.1) is 18.4 Å². The minimum Gasteiger partial charge on any atom is -0.352 e. The van der Waals surface area contributed by atoms with Gasteiger partial charge in [-0.05, 0) is 18.9 Å². The molecule has 17 heavy (non-hydrogen) atoms. The molecule has 0 bridgehead atoms. The van der Waals surface area contributed by atoms with Gasteiger partial charge in [0.25, 0.3) is 0 Å². The highest BCUT2D eigenvalue weighted by Crippen LogP contribution is 2.15. The van der Waals surface area contributed by atoms with Crippen molar-refractivity contribution in [3.63, 3.8) is 0 Å². The van der Waals surface area contributed by atoms with Crippen LogP contribution in [0.1, 0.15) is 38.2 Å². The molecule has 2 atom stereocenters. The smallest absolute Gasteiger partial charge is 0.227 e. The molecular weight excluding hydrogens is 212 g/mol. The summed E-state index contributed by atoms with van der Waals surface area (Å²) in [7, 11) is 0. The van der Waals surface area contributed by atoms with Gasteiger partial charge >= 0.3 is 0 Å². The summed E-state index contributed by atoms with van der Waals surface area (Å²) >= 11 is 0. The first-order valence-electron chi connectivity index (χ1n) is 5.91. The topological polar surface area (TPSA) is 52.9 Å². The van der Waals surface area contributed by atoms with E-state index in [0.29, 0.717) is 6.42 Å². The molecule has 90 valence electrons. The van der Waals surface area contributed by atoms with Gasteiger partial charge in [0.2, 0.25) is 5.91 Å². The monoisotopic (exact) mass is 230 g/mol. The Balaban J connectivity index is 2.62. The zero-order valence-electron chi connectivity index (χ0n) is 10.3. The number of hydrogen-bond donors (Lipinski definition) is 1. The van der Waals surface area contributed by atoms with Gasteiger partial charge in [0.15, 0.2) is 0 Å². The normalized spacial score (nSPS) is 13.5. The van der Waals surface area contributed by atoms with Crippen molar-refractivity contribution < 1.29 is 4.79 Å². The van der Waals surface area contributed by atoms with E-state index in [1.807, 2.05) is 44.2 Å². The summed E-state index contributed by atoms with van der Waals surface area (Å²) in [6.07, 6.45) is 1.14. The summed E-state index contributed by atoms with van der Waals surface area (Å²) in [5, 5.41) is 11.5. The lowest BCUT2D eigenvalue weighted by atomic mass is 9.99. The van der Waals surface area contributed by atoms with E-state index in [0.717, 1.165) is 12.0 Å². The van der Waals surface area contributed by atoms with Crippen molar-refractivity contribution in [2.45, 2.75) is 38.6 Å². The SMILES string of the molecule is CCC(CC#N)NC(=O)C(C)c1ccccc1. The molecule has 3 heteroatoms. The highest BCUT2D eigenvalue weighted by molar-refractivity contribution is 5.83. The van der Waals surface area contributed by atoms with Crippen molar-refractivity contribution in [1.29, 1.82) is 5.26 Å². The molecule has 1 aromatic carbocycles. The highest BCUT2D eigenvalue weighted by Gasteiger charge is 2.17. The Hall–Kier alpha value is -1.82. The second kappa shape index (κ2) is 6.70. The summed E-state index contributed by atoms with van der Waals surface area (Å²) in [5.74, 6) is -0.192. The van der Waals surface area contributed by atoms with E-state index in [-0.39, 0.29) is 17.9 Å². The van der Waals surface area contributed by atoms with E-state index in [1.165, 1.54) is 0 Å². The number of nitriles is 1. The first-order chi connectivity index (χ1) is 8.19. The van der Waals surface area contributed by atoms with Crippen LogP contribution in [0.5, 0.6) is 0 Å². The number of hydrogen-bond acceptors (Lipinski definition) is 2. The fourth-order valence-electron chi connectivity index (χ4n) is 1.63. The molecule has 0 spiro atoms.